The Morgan fingerprint density at radius 1 is 1.00 bits per heavy atom. The highest BCUT2D eigenvalue weighted by atomic mass is 16.2. The van der Waals surface area contributed by atoms with E-state index in [2.05, 4.69) is 34.5 Å². The minimum atomic E-state index is -0.0282. The lowest BCUT2D eigenvalue weighted by molar-refractivity contribution is 0.0790. The van der Waals surface area contributed by atoms with Crippen LogP contribution in [0.3, 0.4) is 0 Å². The molecule has 5 heteroatoms. The molecule has 0 N–H and O–H groups in total. The van der Waals surface area contributed by atoms with Gasteiger partial charge in [0, 0.05) is 55.5 Å². The van der Waals surface area contributed by atoms with Gasteiger partial charge < -0.3 is 9.47 Å². The normalized spacial score (nSPS) is 10.4. The third kappa shape index (κ3) is 4.76. The quantitative estimate of drug-likeness (QED) is 0.466. The van der Waals surface area contributed by atoms with E-state index < -0.39 is 0 Å². The van der Waals surface area contributed by atoms with E-state index in [0.29, 0.717) is 12.1 Å². The van der Waals surface area contributed by atoms with Crippen molar-refractivity contribution in [3.8, 4) is 17.5 Å². The molecule has 0 radical (unpaired) electrons. The second-order valence-electron chi connectivity index (χ2n) is 7.37. The van der Waals surface area contributed by atoms with E-state index in [4.69, 9.17) is 0 Å². The highest BCUT2D eigenvalue weighted by Crippen LogP contribution is 2.17. The molecule has 0 spiro atoms. The Labute approximate surface area is 182 Å². The zero-order valence-electron chi connectivity index (χ0n) is 17.7. The van der Waals surface area contributed by atoms with Crippen LogP contribution in [0, 0.1) is 18.8 Å². The number of nitrogens with zero attached hydrogens (tertiary/aromatic N) is 4. The Morgan fingerprint density at radius 2 is 1.84 bits per heavy atom. The summed E-state index contributed by atoms with van der Waals surface area (Å²) in [7, 11) is 1.83. The van der Waals surface area contributed by atoms with Crippen LogP contribution in [0.4, 0.5) is 0 Å². The van der Waals surface area contributed by atoms with Gasteiger partial charge in [0.25, 0.3) is 5.91 Å². The van der Waals surface area contributed by atoms with E-state index in [0.717, 1.165) is 23.4 Å². The van der Waals surface area contributed by atoms with Crippen molar-refractivity contribution in [2.45, 2.75) is 13.5 Å². The van der Waals surface area contributed by atoms with E-state index in [1.54, 1.807) is 15.8 Å². The molecule has 0 fully saturated rings. The summed E-state index contributed by atoms with van der Waals surface area (Å²) < 4.78 is 3.91. The predicted molar refractivity (Wildman–Crippen MR) is 122 cm³/mol. The first-order chi connectivity index (χ1) is 15.1. The van der Waals surface area contributed by atoms with Crippen LogP contribution in [0.5, 0.6) is 0 Å². The van der Waals surface area contributed by atoms with Crippen LogP contribution in [0.2, 0.25) is 0 Å². The monoisotopic (exact) mass is 408 g/mol. The second kappa shape index (κ2) is 9.19. The zero-order valence-corrected chi connectivity index (χ0v) is 17.7. The van der Waals surface area contributed by atoms with E-state index in [-0.39, 0.29) is 5.91 Å². The van der Waals surface area contributed by atoms with Crippen molar-refractivity contribution >= 4 is 5.91 Å². The number of carbonyl (C=O) groups excluding carboxylic acids is 1. The highest BCUT2D eigenvalue weighted by molar-refractivity contribution is 5.94. The fourth-order valence-electron chi connectivity index (χ4n) is 3.37. The molecular weight excluding hydrogens is 384 g/mol. The number of rotatable bonds is 5. The number of amides is 1. The number of aryl methyl sites for hydroxylation is 1. The molecule has 0 aliphatic carbocycles. The predicted octanol–water partition coefficient (Wildman–Crippen LogP) is 4.15. The summed E-state index contributed by atoms with van der Waals surface area (Å²) in [6.45, 7) is 3.45. The van der Waals surface area contributed by atoms with Crippen LogP contribution in [0.1, 0.15) is 27.2 Å². The van der Waals surface area contributed by atoms with Crippen molar-refractivity contribution < 1.29 is 4.79 Å². The Bertz CT molecular complexity index is 1230. The molecular formula is C26H24N4O. The van der Waals surface area contributed by atoms with Gasteiger partial charge in [-0.1, -0.05) is 30.0 Å². The fourth-order valence-corrected chi connectivity index (χ4v) is 3.37. The second-order valence-corrected chi connectivity index (χ2v) is 7.37. The zero-order chi connectivity index (χ0) is 21.6. The number of hydrogen-bond donors (Lipinski definition) is 0. The first-order valence-electron chi connectivity index (χ1n) is 10.2. The summed E-state index contributed by atoms with van der Waals surface area (Å²) in [5.41, 5.74) is 4.32. The number of carbonyl (C=O) groups is 1. The summed E-state index contributed by atoms with van der Waals surface area (Å²) in [5.74, 6) is 6.39. The van der Waals surface area contributed by atoms with Crippen molar-refractivity contribution in [3.05, 3.63) is 108 Å². The third-order valence-corrected chi connectivity index (χ3v) is 5.19. The number of likely N-dealkylation sites (N-methyl/N-ethyl adjacent to an activating group) is 1. The van der Waals surface area contributed by atoms with Crippen LogP contribution in [0.25, 0.3) is 5.69 Å². The van der Waals surface area contributed by atoms with Crippen LogP contribution in [-0.4, -0.2) is 38.7 Å². The molecule has 0 bridgehead atoms. The minimum absolute atomic E-state index is 0.0282. The first kappa shape index (κ1) is 20.2. The Kier molecular flexibility index (Phi) is 6.00. The van der Waals surface area contributed by atoms with Crippen LogP contribution in [-0.2, 0) is 6.54 Å². The molecule has 2 aromatic heterocycles. The fraction of sp³-hybridized carbons (Fsp3) is 0.154. The van der Waals surface area contributed by atoms with Gasteiger partial charge >= 0.3 is 0 Å². The van der Waals surface area contributed by atoms with Gasteiger partial charge in [0.2, 0.25) is 0 Å². The SMILES string of the molecule is Cc1cccn1CCN(C)C(=O)c1ccc(-n2cccn2)c(C#Cc2ccccc2)c1. The standard InChI is InChI=1S/C26H24N4O/c1-21-8-6-16-29(21)19-18-28(2)26(31)24-13-14-25(30-17-7-15-27-30)23(20-24)12-11-22-9-4-3-5-10-22/h3-10,13-17,20H,18-19H2,1-2H3. The molecule has 2 aromatic carbocycles. The average Bonchev–Trinajstić information content (AvgIpc) is 3.48. The minimum Gasteiger partial charge on any atom is -0.350 e. The molecule has 2 heterocycles. The lowest BCUT2D eigenvalue weighted by Crippen LogP contribution is -2.30. The molecule has 0 aliphatic heterocycles. The maximum atomic E-state index is 13.1. The summed E-state index contributed by atoms with van der Waals surface area (Å²) in [4.78, 5) is 14.8. The maximum Gasteiger partial charge on any atom is 0.253 e. The Balaban J connectivity index is 1.60. The molecule has 0 saturated heterocycles. The van der Waals surface area contributed by atoms with Crippen LogP contribution < -0.4 is 0 Å². The Morgan fingerprint density at radius 3 is 2.55 bits per heavy atom. The van der Waals surface area contributed by atoms with E-state index in [1.165, 1.54) is 5.69 Å². The number of benzene rings is 2. The molecule has 0 unspecified atom stereocenters. The lowest BCUT2D eigenvalue weighted by Gasteiger charge is -2.19. The molecule has 5 nitrogen and oxygen atoms in total. The number of aromatic nitrogens is 3. The number of hydrogen-bond acceptors (Lipinski definition) is 2. The summed E-state index contributed by atoms with van der Waals surface area (Å²) >= 11 is 0. The highest BCUT2D eigenvalue weighted by Gasteiger charge is 2.14. The van der Waals surface area contributed by atoms with Gasteiger partial charge in [-0.05, 0) is 55.5 Å². The Hall–Kier alpha value is -4.04. The van der Waals surface area contributed by atoms with Crippen LogP contribution >= 0.6 is 0 Å². The van der Waals surface area contributed by atoms with Gasteiger partial charge in [0.15, 0.2) is 0 Å². The molecule has 0 atom stereocenters. The molecule has 31 heavy (non-hydrogen) atoms. The van der Waals surface area contributed by atoms with Gasteiger partial charge in [0.1, 0.15) is 0 Å². The molecule has 1 amide bonds. The largest absolute Gasteiger partial charge is 0.350 e. The molecule has 154 valence electrons. The maximum absolute atomic E-state index is 13.1. The van der Waals surface area contributed by atoms with Crippen molar-refractivity contribution in [2.24, 2.45) is 0 Å². The van der Waals surface area contributed by atoms with Gasteiger partial charge in [-0.25, -0.2) is 4.68 Å². The summed E-state index contributed by atoms with van der Waals surface area (Å²) in [6, 6.07) is 21.3. The van der Waals surface area contributed by atoms with Crippen molar-refractivity contribution in [3.63, 3.8) is 0 Å². The molecule has 0 aliphatic rings. The molecule has 4 aromatic rings. The molecule has 0 saturated carbocycles. The van der Waals surface area contributed by atoms with Gasteiger partial charge in [0.05, 0.1) is 11.3 Å². The average molecular weight is 409 g/mol. The lowest BCUT2D eigenvalue weighted by atomic mass is 10.1. The van der Waals surface area contributed by atoms with E-state index in [9.17, 15) is 4.79 Å². The topological polar surface area (TPSA) is 43.1 Å². The van der Waals surface area contributed by atoms with Gasteiger partial charge in [-0.2, -0.15) is 5.10 Å². The van der Waals surface area contributed by atoms with Crippen molar-refractivity contribution in [2.75, 3.05) is 13.6 Å². The third-order valence-electron chi connectivity index (χ3n) is 5.19. The van der Waals surface area contributed by atoms with E-state index in [1.807, 2.05) is 80.1 Å². The summed E-state index contributed by atoms with van der Waals surface area (Å²) in [5, 5.41) is 4.33. The van der Waals surface area contributed by atoms with Crippen molar-refractivity contribution in [1.29, 1.82) is 0 Å². The van der Waals surface area contributed by atoms with Crippen molar-refractivity contribution in [1.82, 2.24) is 19.2 Å². The molecule has 4 rings (SSSR count). The van der Waals surface area contributed by atoms with Gasteiger partial charge in [-0.15, -0.1) is 0 Å². The first-order valence-corrected chi connectivity index (χ1v) is 10.2. The van der Waals surface area contributed by atoms with Crippen LogP contribution in [0.15, 0.2) is 85.3 Å². The summed E-state index contributed by atoms with van der Waals surface area (Å²) in [6.07, 6.45) is 5.63. The van der Waals surface area contributed by atoms with E-state index >= 15 is 0 Å². The van der Waals surface area contributed by atoms with Gasteiger partial charge in [-0.3, -0.25) is 4.79 Å². The smallest absolute Gasteiger partial charge is 0.253 e.